The van der Waals surface area contributed by atoms with Gasteiger partial charge in [0.2, 0.25) is 0 Å². The molecule has 0 atom stereocenters. The Morgan fingerprint density at radius 2 is 1.92 bits per heavy atom. The molecule has 0 radical (unpaired) electrons. The molecule has 5 heteroatoms. The molecule has 0 aliphatic rings. The maximum Gasteiger partial charge on any atom is 0.0943 e. The van der Waals surface area contributed by atoms with Crippen LogP contribution in [0, 0.1) is 0 Å². The number of rotatable bonds is 4. The predicted molar refractivity (Wildman–Crippen MR) is 54.2 cm³/mol. The van der Waals surface area contributed by atoms with Gasteiger partial charge in [0, 0.05) is 45.6 Å². The number of imidazole rings is 1. The zero-order valence-corrected chi connectivity index (χ0v) is 8.11. The second-order valence-corrected chi connectivity index (χ2v) is 2.56. The standard InChI is InChI=1S/C4H13N3.C4H6N2/c5-1-3-7-4-2-6;1-6-3-2-5-4-6/h7H,1-6H2;2-4H,1H3. The van der Waals surface area contributed by atoms with Crippen molar-refractivity contribution in [3.8, 4) is 0 Å². The molecule has 76 valence electrons. The van der Waals surface area contributed by atoms with Crippen LogP contribution in [0.4, 0.5) is 0 Å². The van der Waals surface area contributed by atoms with Gasteiger partial charge in [-0.05, 0) is 0 Å². The van der Waals surface area contributed by atoms with E-state index in [2.05, 4.69) is 10.3 Å². The zero-order chi connectivity index (χ0) is 9.94. The summed E-state index contributed by atoms with van der Waals surface area (Å²) in [6, 6.07) is 0. The van der Waals surface area contributed by atoms with Crippen molar-refractivity contribution in [2.24, 2.45) is 18.5 Å². The van der Waals surface area contributed by atoms with Gasteiger partial charge in [-0.15, -0.1) is 0 Å². The number of nitrogens with two attached hydrogens (primary N) is 2. The minimum Gasteiger partial charge on any atom is -0.341 e. The molecule has 0 aromatic carbocycles. The molecule has 0 amide bonds. The molecule has 0 aliphatic heterocycles. The summed E-state index contributed by atoms with van der Waals surface area (Å²) in [5.74, 6) is 0. The van der Waals surface area contributed by atoms with Crippen molar-refractivity contribution in [1.29, 1.82) is 0 Å². The highest BCUT2D eigenvalue weighted by Crippen LogP contribution is 1.73. The first-order valence-corrected chi connectivity index (χ1v) is 4.34. The summed E-state index contributed by atoms with van der Waals surface area (Å²) in [5, 5.41) is 3.03. The van der Waals surface area contributed by atoms with Crippen LogP contribution in [0.2, 0.25) is 0 Å². The van der Waals surface area contributed by atoms with Gasteiger partial charge < -0.3 is 21.4 Å². The van der Waals surface area contributed by atoms with Crippen LogP contribution in [0.1, 0.15) is 0 Å². The van der Waals surface area contributed by atoms with Gasteiger partial charge in [0.15, 0.2) is 0 Å². The third-order valence-corrected chi connectivity index (χ3v) is 1.28. The molecular formula is C8H19N5. The van der Waals surface area contributed by atoms with Gasteiger partial charge in [0.1, 0.15) is 0 Å². The fourth-order valence-electron chi connectivity index (χ4n) is 0.655. The topological polar surface area (TPSA) is 81.9 Å². The Labute approximate surface area is 79.1 Å². The highest BCUT2D eigenvalue weighted by molar-refractivity contribution is 4.70. The van der Waals surface area contributed by atoms with Crippen LogP contribution < -0.4 is 16.8 Å². The average molecular weight is 185 g/mol. The Morgan fingerprint density at radius 1 is 1.31 bits per heavy atom. The zero-order valence-electron chi connectivity index (χ0n) is 8.11. The molecule has 1 aromatic rings. The number of hydrogen-bond donors (Lipinski definition) is 3. The molecule has 0 spiro atoms. The summed E-state index contributed by atoms with van der Waals surface area (Å²) >= 11 is 0. The van der Waals surface area contributed by atoms with Gasteiger partial charge >= 0.3 is 0 Å². The van der Waals surface area contributed by atoms with Crippen molar-refractivity contribution in [3.05, 3.63) is 18.7 Å². The first-order valence-electron chi connectivity index (χ1n) is 4.34. The Morgan fingerprint density at radius 3 is 2.15 bits per heavy atom. The lowest BCUT2D eigenvalue weighted by molar-refractivity contribution is 0.696. The molecule has 1 heterocycles. The van der Waals surface area contributed by atoms with Crippen LogP contribution in [0.5, 0.6) is 0 Å². The number of nitrogens with zero attached hydrogens (tertiary/aromatic N) is 2. The maximum absolute atomic E-state index is 5.17. The summed E-state index contributed by atoms with van der Waals surface area (Å²) in [4.78, 5) is 3.78. The van der Waals surface area contributed by atoms with Gasteiger partial charge in [-0.3, -0.25) is 0 Å². The third-order valence-electron chi connectivity index (χ3n) is 1.28. The van der Waals surface area contributed by atoms with Gasteiger partial charge in [0.25, 0.3) is 0 Å². The quantitative estimate of drug-likeness (QED) is 0.521. The fraction of sp³-hybridized carbons (Fsp3) is 0.625. The molecule has 0 fully saturated rings. The molecular weight excluding hydrogens is 166 g/mol. The minimum atomic E-state index is 0.694. The molecule has 0 saturated carbocycles. The van der Waals surface area contributed by atoms with Crippen LogP contribution in [-0.4, -0.2) is 35.7 Å². The van der Waals surface area contributed by atoms with E-state index in [0.717, 1.165) is 13.1 Å². The summed E-state index contributed by atoms with van der Waals surface area (Å²) in [5.41, 5.74) is 10.3. The van der Waals surface area contributed by atoms with Crippen LogP contribution in [0.3, 0.4) is 0 Å². The van der Waals surface area contributed by atoms with Crippen LogP contribution in [0.15, 0.2) is 18.7 Å². The SMILES string of the molecule is Cn1ccnc1.NCCNCCN. The summed E-state index contributed by atoms with van der Waals surface area (Å²) in [7, 11) is 1.94. The van der Waals surface area contributed by atoms with E-state index in [0.29, 0.717) is 13.1 Å². The largest absolute Gasteiger partial charge is 0.341 e. The normalized spacial score (nSPS) is 9.15. The number of aryl methyl sites for hydroxylation is 1. The van der Waals surface area contributed by atoms with Crippen molar-refractivity contribution in [3.63, 3.8) is 0 Å². The Balaban J connectivity index is 0.000000223. The van der Waals surface area contributed by atoms with Crippen molar-refractivity contribution < 1.29 is 0 Å². The molecule has 0 bridgehead atoms. The lowest BCUT2D eigenvalue weighted by Crippen LogP contribution is -2.27. The first kappa shape index (κ1) is 12.1. The number of nitrogens with one attached hydrogen (secondary N) is 1. The molecule has 0 unspecified atom stereocenters. The average Bonchev–Trinajstić information content (AvgIpc) is 2.58. The third kappa shape index (κ3) is 9.00. The highest BCUT2D eigenvalue weighted by Gasteiger charge is 1.76. The molecule has 1 aromatic heterocycles. The Bertz CT molecular complexity index is 169. The van der Waals surface area contributed by atoms with Crippen LogP contribution in [-0.2, 0) is 7.05 Å². The predicted octanol–water partition coefficient (Wildman–Crippen LogP) is -1.09. The number of hydrogen-bond acceptors (Lipinski definition) is 4. The summed E-state index contributed by atoms with van der Waals surface area (Å²) < 4.78 is 1.89. The summed E-state index contributed by atoms with van der Waals surface area (Å²) in [6.07, 6.45) is 5.39. The molecule has 0 aliphatic carbocycles. The second kappa shape index (κ2) is 9.18. The van der Waals surface area contributed by atoms with Crippen LogP contribution in [0.25, 0.3) is 0 Å². The molecule has 5 N–H and O–H groups in total. The molecule has 5 nitrogen and oxygen atoms in total. The second-order valence-electron chi connectivity index (χ2n) is 2.56. The van der Waals surface area contributed by atoms with Crippen molar-refractivity contribution in [2.45, 2.75) is 0 Å². The lowest BCUT2D eigenvalue weighted by atomic mass is 10.6. The summed E-state index contributed by atoms with van der Waals surface area (Å²) in [6.45, 7) is 3.13. The Kier molecular flexibility index (Phi) is 8.54. The van der Waals surface area contributed by atoms with Crippen LogP contribution >= 0.6 is 0 Å². The van der Waals surface area contributed by atoms with Gasteiger partial charge in [-0.25, -0.2) is 4.98 Å². The number of aromatic nitrogens is 2. The fourth-order valence-corrected chi connectivity index (χ4v) is 0.655. The smallest absolute Gasteiger partial charge is 0.0943 e. The monoisotopic (exact) mass is 185 g/mol. The minimum absolute atomic E-state index is 0.694. The first-order chi connectivity index (χ1) is 6.31. The highest BCUT2D eigenvalue weighted by atomic mass is 15.0. The molecule has 1 rings (SSSR count). The van der Waals surface area contributed by atoms with E-state index < -0.39 is 0 Å². The van der Waals surface area contributed by atoms with Crippen molar-refractivity contribution in [2.75, 3.05) is 26.2 Å². The van der Waals surface area contributed by atoms with E-state index in [9.17, 15) is 0 Å². The van der Waals surface area contributed by atoms with Gasteiger partial charge in [0.05, 0.1) is 6.33 Å². The van der Waals surface area contributed by atoms with E-state index in [-0.39, 0.29) is 0 Å². The van der Waals surface area contributed by atoms with Crippen molar-refractivity contribution in [1.82, 2.24) is 14.9 Å². The molecule has 0 saturated heterocycles. The van der Waals surface area contributed by atoms with Gasteiger partial charge in [-0.2, -0.15) is 0 Å². The van der Waals surface area contributed by atoms with E-state index >= 15 is 0 Å². The van der Waals surface area contributed by atoms with Gasteiger partial charge in [-0.1, -0.05) is 0 Å². The maximum atomic E-state index is 5.17. The van der Waals surface area contributed by atoms with E-state index in [1.54, 1.807) is 12.5 Å². The molecule has 13 heavy (non-hydrogen) atoms. The van der Waals surface area contributed by atoms with E-state index in [1.165, 1.54) is 0 Å². The lowest BCUT2D eigenvalue weighted by Gasteiger charge is -1.95. The van der Waals surface area contributed by atoms with Crippen molar-refractivity contribution >= 4 is 0 Å². The van der Waals surface area contributed by atoms with E-state index in [4.69, 9.17) is 11.5 Å². The van der Waals surface area contributed by atoms with E-state index in [1.807, 2.05) is 17.8 Å². The Hall–Kier alpha value is -0.910.